The lowest BCUT2D eigenvalue weighted by molar-refractivity contribution is 0.0107. The van der Waals surface area contributed by atoms with Crippen LogP contribution in [0.5, 0.6) is 0 Å². The molecule has 2 aromatic carbocycles. The SMILES string of the molecule is CCCC[C@H]1Cc2c([nH]c3ccccc23)[C@H](c2ccc(NC34CC5CC(CC(C5)C3)C4)cc2)N1. The molecule has 3 N–H and O–H groups in total. The molecule has 0 saturated heterocycles. The number of hydrogen-bond acceptors (Lipinski definition) is 2. The molecular weight excluding hydrogens is 414 g/mol. The maximum Gasteiger partial charge on any atom is 0.0734 e. The third-order valence-corrected chi connectivity index (χ3v) is 9.59. The number of aromatic nitrogens is 1. The standard InChI is InChI=1S/C31H39N3/c1-2-3-6-25-16-27-26-7-4-5-8-28(26)33-30(27)29(32-25)23-9-11-24(12-10-23)34-31-17-20-13-21(18-31)15-22(14-20)19-31/h4-5,7-12,20-22,25,29,32-34H,2-3,6,13-19H2,1H3/t20?,21?,22?,25-,29-,31?/m0/s1. The number of aromatic amines is 1. The molecule has 8 rings (SSSR count). The summed E-state index contributed by atoms with van der Waals surface area (Å²) in [6, 6.07) is 19.1. The Morgan fingerprint density at radius 2 is 1.62 bits per heavy atom. The molecule has 178 valence electrons. The minimum absolute atomic E-state index is 0.242. The molecule has 4 aliphatic carbocycles. The Morgan fingerprint density at radius 1 is 0.912 bits per heavy atom. The summed E-state index contributed by atoms with van der Waals surface area (Å²) in [6.07, 6.45) is 13.6. The fourth-order valence-corrected chi connectivity index (χ4v) is 8.54. The van der Waals surface area contributed by atoms with E-state index in [-0.39, 0.29) is 6.04 Å². The van der Waals surface area contributed by atoms with Crippen molar-refractivity contribution in [3.63, 3.8) is 0 Å². The van der Waals surface area contributed by atoms with Gasteiger partial charge in [0, 0.05) is 33.9 Å². The molecule has 5 aliphatic rings. The number of anilines is 1. The van der Waals surface area contributed by atoms with E-state index in [1.165, 1.54) is 91.2 Å². The third-order valence-electron chi connectivity index (χ3n) is 9.59. The average molecular weight is 454 g/mol. The summed E-state index contributed by atoms with van der Waals surface area (Å²) < 4.78 is 0. The minimum Gasteiger partial charge on any atom is -0.380 e. The second kappa shape index (κ2) is 8.16. The molecule has 0 unspecified atom stereocenters. The first-order valence-electron chi connectivity index (χ1n) is 13.9. The molecule has 4 fully saturated rings. The normalized spacial score (nSPS) is 33.9. The van der Waals surface area contributed by atoms with Crippen molar-refractivity contribution in [3.8, 4) is 0 Å². The van der Waals surface area contributed by atoms with Crippen LogP contribution in [0.15, 0.2) is 48.5 Å². The topological polar surface area (TPSA) is 39.9 Å². The van der Waals surface area contributed by atoms with Crippen LogP contribution in [-0.2, 0) is 6.42 Å². The smallest absolute Gasteiger partial charge is 0.0734 e. The highest BCUT2D eigenvalue weighted by Gasteiger charge is 2.50. The zero-order chi connectivity index (χ0) is 22.7. The maximum absolute atomic E-state index is 4.07. The van der Waals surface area contributed by atoms with Crippen molar-refractivity contribution in [1.82, 2.24) is 10.3 Å². The summed E-state index contributed by atoms with van der Waals surface area (Å²) in [6.45, 7) is 2.30. The van der Waals surface area contributed by atoms with Crippen LogP contribution in [0.1, 0.15) is 87.6 Å². The van der Waals surface area contributed by atoms with E-state index in [0.29, 0.717) is 11.6 Å². The van der Waals surface area contributed by atoms with Gasteiger partial charge in [-0.1, -0.05) is 50.1 Å². The Kier molecular flexibility index (Phi) is 5.05. The lowest BCUT2D eigenvalue weighted by Gasteiger charge is -2.57. The zero-order valence-corrected chi connectivity index (χ0v) is 20.6. The summed E-state index contributed by atoms with van der Waals surface area (Å²) in [5.41, 5.74) is 7.24. The molecule has 3 heteroatoms. The van der Waals surface area contributed by atoms with Gasteiger partial charge in [-0.3, -0.25) is 0 Å². The third kappa shape index (κ3) is 3.59. The highest BCUT2D eigenvalue weighted by atomic mass is 15.0. The first-order valence-corrected chi connectivity index (χ1v) is 13.9. The van der Waals surface area contributed by atoms with Crippen LogP contribution in [0.3, 0.4) is 0 Å². The van der Waals surface area contributed by atoms with E-state index in [2.05, 4.69) is 71.1 Å². The molecule has 2 atom stereocenters. The van der Waals surface area contributed by atoms with Crippen molar-refractivity contribution in [3.05, 3.63) is 65.4 Å². The molecule has 4 saturated carbocycles. The average Bonchev–Trinajstić information content (AvgIpc) is 3.20. The van der Waals surface area contributed by atoms with Crippen molar-refractivity contribution in [2.45, 2.75) is 88.8 Å². The predicted octanol–water partition coefficient (Wildman–Crippen LogP) is 7.34. The van der Waals surface area contributed by atoms with Gasteiger partial charge in [0.1, 0.15) is 0 Å². The highest BCUT2D eigenvalue weighted by molar-refractivity contribution is 5.85. The van der Waals surface area contributed by atoms with Crippen LogP contribution >= 0.6 is 0 Å². The Morgan fingerprint density at radius 3 is 2.32 bits per heavy atom. The van der Waals surface area contributed by atoms with Crippen LogP contribution < -0.4 is 10.6 Å². The fraction of sp³-hybridized carbons (Fsp3) is 0.548. The zero-order valence-electron chi connectivity index (χ0n) is 20.6. The minimum atomic E-state index is 0.242. The van der Waals surface area contributed by atoms with Crippen molar-refractivity contribution < 1.29 is 0 Å². The van der Waals surface area contributed by atoms with Gasteiger partial charge in [-0.2, -0.15) is 0 Å². The molecule has 0 amide bonds. The van der Waals surface area contributed by atoms with Gasteiger partial charge in [0.15, 0.2) is 0 Å². The number of nitrogens with one attached hydrogen (secondary N) is 3. The van der Waals surface area contributed by atoms with Gasteiger partial charge in [-0.25, -0.2) is 0 Å². The molecule has 0 radical (unpaired) electrons. The van der Waals surface area contributed by atoms with Crippen molar-refractivity contribution in [2.75, 3.05) is 5.32 Å². The highest BCUT2D eigenvalue weighted by Crippen LogP contribution is 2.56. The number of H-pyrrole nitrogens is 1. The van der Waals surface area contributed by atoms with Gasteiger partial charge in [0.05, 0.1) is 6.04 Å². The van der Waals surface area contributed by atoms with E-state index in [1.54, 1.807) is 0 Å². The van der Waals surface area contributed by atoms with Gasteiger partial charge in [0.2, 0.25) is 0 Å². The van der Waals surface area contributed by atoms with E-state index in [9.17, 15) is 0 Å². The van der Waals surface area contributed by atoms with Crippen molar-refractivity contribution >= 4 is 16.6 Å². The number of para-hydroxylation sites is 1. The molecule has 0 spiro atoms. The van der Waals surface area contributed by atoms with E-state index >= 15 is 0 Å². The predicted molar refractivity (Wildman–Crippen MR) is 141 cm³/mol. The molecule has 34 heavy (non-hydrogen) atoms. The molecule has 2 heterocycles. The van der Waals surface area contributed by atoms with Crippen LogP contribution in [0.4, 0.5) is 5.69 Å². The quantitative estimate of drug-likeness (QED) is 0.365. The molecule has 1 aromatic heterocycles. The lowest BCUT2D eigenvalue weighted by Crippen LogP contribution is -2.54. The van der Waals surface area contributed by atoms with Gasteiger partial charge in [0.25, 0.3) is 0 Å². The van der Waals surface area contributed by atoms with Crippen LogP contribution in [-0.4, -0.2) is 16.6 Å². The fourth-order valence-electron chi connectivity index (χ4n) is 8.54. The van der Waals surface area contributed by atoms with Gasteiger partial charge >= 0.3 is 0 Å². The second-order valence-electron chi connectivity index (χ2n) is 12.2. The van der Waals surface area contributed by atoms with E-state index < -0.39 is 0 Å². The Balaban J connectivity index is 1.17. The summed E-state index contributed by atoms with van der Waals surface area (Å²) in [7, 11) is 0. The number of fused-ring (bicyclic) bond motifs is 3. The lowest BCUT2D eigenvalue weighted by atomic mass is 9.53. The van der Waals surface area contributed by atoms with Gasteiger partial charge in [-0.15, -0.1) is 0 Å². The molecular formula is C31H39N3. The van der Waals surface area contributed by atoms with E-state index in [1.807, 2.05) is 0 Å². The Bertz CT molecular complexity index is 1140. The first-order chi connectivity index (χ1) is 16.7. The molecule has 3 aromatic rings. The van der Waals surface area contributed by atoms with Crippen LogP contribution in [0.2, 0.25) is 0 Å². The summed E-state index contributed by atoms with van der Waals surface area (Å²) in [4.78, 5) is 3.78. The number of benzene rings is 2. The number of hydrogen-bond donors (Lipinski definition) is 3. The molecule has 4 bridgehead atoms. The number of rotatable bonds is 6. The largest absolute Gasteiger partial charge is 0.380 e. The molecule has 1 aliphatic heterocycles. The van der Waals surface area contributed by atoms with E-state index in [0.717, 1.165) is 24.2 Å². The second-order valence-corrected chi connectivity index (χ2v) is 12.2. The summed E-state index contributed by atoms with van der Waals surface area (Å²) >= 11 is 0. The van der Waals surface area contributed by atoms with Gasteiger partial charge < -0.3 is 15.6 Å². The van der Waals surface area contributed by atoms with E-state index in [4.69, 9.17) is 0 Å². The Labute approximate surface area is 204 Å². The van der Waals surface area contributed by atoms with Crippen molar-refractivity contribution in [1.29, 1.82) is 0 Å². The Hall–Kier alpha value is -2.26. The van der Waals surface area contributed by atoms with Crippen LogP contribution in [0.25, 0.3) is 10.9 Å². The number of unbranched alkanes of at least 4 members (excludes halogenated alkanes) is 1. The summed E-state index contributed by atoms with van der Waals surface area (Å²) in [5.74, 6) is 2.93. The van der Waals surface area contributed by atoms with Crippen molar-refractivity contribution in [2.24, 2.45) is 17.8 Å². The molecule has 3 nitrogen and oxygen atoms in total. The van der Waals surface area contributed by atoms with Crippen LogP contribution in [0, 0.1) is 17.8 Å². The summed E-state index contributed by atoms with van der Waals surface area (Å²) in [5, 5.41) is 9.49. The first kappa shape index (κ1) is 21.1. The monoisotopic (exact) mass is 453 g/mol. The van der Waals surface area contributed by atoms with Gasteiger partial charge in [-0.05, 0) is 98.4 Å². The maximum atomic E-state index is 4.07.